The van der Waals surface area contributed by atoms with Crippen LogP contribution in [-0.4, -0.2) is 24.2 Å². The Kier molecular flexibility index (Phi) is 4.90. The molecule has 0 bridgehead atoms. The third kappa shape index (κ3) is 4.11. The predicted molar refractivity (Wildman–Crippen MR) is 64.1 cm³/mol. The van der Waals surface area contributed by atoms with Gasteiger partial charge >= 0.3 is 18.1 Å². The minimum atomic E-state index is -4.68. The number of ether oxygens (including phenoxy) is 1. The smallest absolute Gasteiger partial charge is 0.417 e. The van der Waals surface area contributed by atoms with Crippen molar-refractivity contribution in [3.63, 3.8) is 0 Å². The van der Waals surface area contributed by atoms with Crippen molar-refractivity contribution >= 4 is 18.0 Å². The highest BCUT2D eigenvalue weighted by molar-refractivity contribution is 5.88. The third-order valence-corrected chi connectivity index (χ3v) is 2.42. The first kappa shape index (κ1) is 15.7. The Morgan fingerprint density at radius 1 is 1.35 bits per heavy atom. The van der Waals surface area contributed by atoms with Crippen molar-refractivity contribution in [1.29, 1.82) is 0 Å². The van der Waals surface area contributed by atoms with E-state index in [-0.39, 0.29) is 12.0 Å². The van der Waals surface area contributed by atoms with Gasteiger partial charge < -0.3 is 9.84 Å². The van der Waals surface area contributed by atoms with E-state index in [9.17, 15) is 22.8 Å². The lowest BCUT2D eigenvalue weighted by molar-refractivity contribution is -0.139. The molecule has 0 aliphatic heterocycles. The lowest BCUT2D eigenvalue weighted by atomic mass is 10.0. The summed E-state index contributed by atoms with van der Waals surface area (Å²) in [6.45, 7) is 0. The van der Waals surface area contributed by atoms with Crippen LogP contribution in [0.2, 0.25) is 0 Å². The first-order valence-corrected chi connectivity index (χ1v) is 5.43. The van der Waals surface area contributed by atoms with Crippen LogP contribution in [0.3, 0.4) is 0 Å². The summed E-state index contributed by atoms with van der Waals surface area (Å²) in [5, 5.41) is 8.70. The average molecular weight is 288 g/mol. The van der Waals surface area contributed by atoms with Crippen LogP contribution >= 0.6 is 0 Å². The van der Waals surface area contributed by atoms with Crippen molar-refractivity contribution in [3.8, 4) is 0 Å². The van der Waals surface area contributed by atoms with Crippen molar-refractivity contribution in [2.75, 3.05) is 7.11 Å². The van der Waals surface area contributed by atoms with Crippen molar-refractivity contribution in [1.82, 2.24) is 0 Å². The lowest BCUT2D eigenvalue weighted by Crippen LogP contribution is -2.09. The number of benzene rings is 1. The van der Waals surface area contributed by atoms with Gasteiger partial charge in [0.2, 0.25) is 0 Å². The van der Waals surface area contributed by atoms with E-state index in [0.29, 0.717) is 6.07 Å². The second kappa shape index (κ2) is 6.23. The van der Waals surface area contributed by atoms with Gasteiger partial charge in [-0.2, -0.15) is 13.2 Å². The van der Waals surface area contributed by atoms with Gasteiger partial charge in [0.1, 0.15) is 0 Å². The molecule has 0 atom stereocenters. The molecule has 0 aromatic heterocycles. The number of carbonyl (C=O) groups excluding carboxylic acids is 1. The molecule has 1 rings (SSSR count). The fraction of sp³-hybridized carbons (Fsp3) is 0.231. The normalized spacial score (nSPS) is 11.6. The summed E-state index contributed by atoms with van der Waals surface area (Å²) < 4.78 is 42.8. The zero-order valence-corrected chi connectivity index (χ0v) is 10.4. The highest BCUT2D eigenvalue weighted by Crippen LogP contribution is 2.33. The van der Waals surface area contributed by atoms with Gasteiger partial charge in [0.15, 0.2) is 0 Å². The standard InChI is InChI=1S/C13H11F3O4/c1-20-11(17)4-2-3-8-5-6-9(12(18)19)7-10(8)13(14,15)16/h2-3,5-7H,4H2,1H3,(H,18,19). The number of rotatable bonds is 4. The number of methoxy groups -OCH3 is 1. The quantitative estimate of drug-likeness (QED) is 0.865. The van der Waals surface area contributed by atoms with Crippen LogP contribution in [-0.2, 0) is 15.7 Å². The molecule has 0 amide bonds. The maximum Gasteiger partial charge on any atom is 0.417 e. The van der Waals surface area contributed by atoms with Crippen LogP contribution in [0.25, 0.3) is 6.08 Å². The number of alkyl halides is 3. The van der Waals surface area contributed by atoms with Crippen LogP contribution in [0, 0.1) is 0 Å². The third-order valence-electron chi connectivity index (χ3n) is 2.42. The molecule has 4 nitrogen and oxygen atoms in total. The summed E-state index contributed by atoms with van der Waals surface area (Å²) in [4.78, 5) is 21.5. The zero-order valence-electron chi connectivity index (χ0n) is 10.4. The van der Waals surface area contributed by atoms with E-state index < -0.39 is 29.2 Å². The topological polar surface area (TPSA) is 63.6 Å². The lowest BCUT2D eigenvalue weighted by Gasteiger charge is -2.11. The second-order valence-corrected chi connectivity index (χ2v) is 3.79. The van der Waals surface area contributed by atoms with E-state index in [1.165, 1.54) is 13.2 Å². The summed E-state index contributed by atoms with van der Waals surface area (Å²) >= 11 is 0. The Hall–Kier alpha value is -2.31. The molecule has 0 spiro atoms. The Bertz CT molecular complexity index is 547. The van der Waals surface area contributed by atoms with Gasteiger partial charge in [0.25, 0.3) is 0 Å². The largest absolute Gasteiger partial charge is 0.478 e. The Morgan fingerprint density at radius 2 is 2.00 bits per heavy atom. The van der Waals surface area contributed by atoms with Crippen LogP contribution in [0.1, 0.15) is 27.9 Å². The Labute approximate surface area is 112 Å². The molecule has 0 saturated heterocycles. The first-order chi connectivity index (χ1) is 9.25. The first-order valence-electron chi connectivity index (χ1n) is 5.43. The molecular formula is C13H11F3O4. The Balaban J connectivity index is 3.13. The van der Waals surface area contributed by atoms with E-state index in [1.807, 2.05) is 0 Å². The molecule has 108 valence electrons. The van der Waals surface area contributed by atoms with E-state index in [2.05, 4.69) is 4.74 Å². The van der Waals surface area contributed by atoms with Gasteiger partial charge in [-0.05, 0) is 17.7 Å². The molecule has 7 heteroatoms. The van der Waals surface area contributed by atoms with Crippen molar-refractivity contribution in [2.24, 2.45) is 0 Å². The number of hydrogen-bond acceptors (Lipinski definition) is 3. The summed E-state index contributed by atoms with van der Waals surface area (Å²) in [6, 6.07) is 2.66. The number of carbonyl (C=O) groups is 2. The SMILES string of the molecule is COC(=O)CC=Cc1ccc(C(=O)O)cc1C(F)(F)F. The number of halogens is 3. The minimum absolute atomic E-state index is 0.172. The number of hydrogen-bond donors (Lipinski definition) is 1. The van der Waals surface area contributed by atoms with Crippen molar-refractivity contribution < 1.29 is 32.6 Å². The van der Waals surface area contributed by atoms with Gasteiger partial charge in [0, 0.05) is 0 Å². The van der Waals surface area contributed by atoms with Crippen LogP contribution in [0.5, 0.6) is 0 Å². The molecule has 0 aliphatic rings. The van der Waals surface area contributed by atoms with E-state index in [4.69, 9.17) is 5.11 Å². The molecule has 1 N–H and O–H groups in total. The van der Waals surface area contributed by atoms with E-state index >= 15 is 0 Å². The molecule has 20 heavy (non-hydrogen) atoms. The molecule has 0 radical (unpaired) electrons. The summed E-state index contributed by atoms with van der Waals surface area (Å²) in [6.07, 6.45) is -2.53. The Morgan fingerprint density at radius 3 is 2.50 bits per heavy atom. The van der Waals surface area contributed by atoms with Crippen molar-refractivity contribution in [3.05, 3.63) is 41.0 Å². The number of carboxylic acids is 1. The van der Waals surface area contributed by atoms with Gasteiger partial charge in [-0.3, -0.25) is 4.79 Å². The maximum absolute atomic E-state index is 12.8. The van der Waals surface area contributed by atoms with Crippen LogP contribution < -0.4 is 0 Å². The fourth-order valence-electron chi connectivity index (χ4n) is 1.45. The van der Waals surface area contributed by atoms with Gasteiger partial charge in [-0.25, -0.2) is 4.79 Å². The molecule has 0 unspecified atom stereocenters. The van der Waals surface area contributed by atoms with Gasteiger partial charge in [-0.1, -0.05) is 18.2 Å². The highest BCUT2D eigenvalue weighted by Gasteiger charge is 2.33. The van der Waals surface area contributed by atoms with Gasteiger partial charge in [0.05, 0.1) is 24.7 Å². The molecule has 0 saturated carbocycles. The van der Waals surface area contributed by atoms with Crippen LogP contribution in [0.4, 0.5) is 13.2 Å². The van der Waals surface area contributed by atoms with E-state index in [1.54, 1.807) is 0 Å². The van der Waals surface area contributed by atoms with E-state index in [0.717, 1.165) is 18.2 Å². The molecule has 1 aromatic carbocycles. The monoisotopic (exact) mass is 288 g/mol. The molecule has 0 heterocycles. The van der Waals surface area contributed by atoms with Crippen molar-refractivity contribution in [2.45, 2.75) is 12.6 Å². The summed E-state index contributed by atoms with van der Waals surface area (Å²) in [7, 11) is 1.17. The molecule has 0 aliphatic carbocycles. The number of carboxylic acid groups (broad SMARTS) is 1. The average Bonchev–Trinajstić information content (AvgIpc) is 2.37. The summed E-state index contributed by atoms with van der Waals surface area (Å²) in [5.74, 6) is -2.03. The molecular weight excluding hydrogens is 277 g/mol. The molecule has 0 fully saturated rings. The zero-order chi connectivity index (χ0) is 15.3. The minimum Gasteiger partial charge on any atom is -0.478 e. The fourth-order valence-corrected chi connectivity index (χ4v) is 1.45. The predicted octanol–water partition coefficient (Wildman–Crippen LogP) is 2.98. The summed E-state index contributed by atoms with van der Waals surface area (Å²) in [5.41, 5.74) is -1.74. The number of esters is 1. The molecule has 1 aromatic rings. The highest BCUT2D eigenvalue weighted by atomic mass is 19.4. The van der Waals surface area contributed by atoms with Crippen LogP contribution in [0.15, 0.2) is 24.3 Å². The van der Waals surface area contributed by atoms with Gasteiger partial charge in [-0.15, -0.1) is 0 Å². The second-order valence-electron chi connectivity index (χ2n) is 3.79. The number of aromatic carboxylic acids is 1. The maximum atomic E-state index is 12.8.